The molecule has 1 aliphatic rings. The Morgan fingerprint density at radius 1 is 1.26 bits per heavy atom. The maximum Gasteiger partial charge on any atom is 0.231 e. The standard InChI is InChI=1S/C14H14BrNO3/c15-12-6-10(7-13-14(12)19-9-18-13)8-16-4-3-11-2-1-5-17-11/h1-2,5-7,16H,3-4,8-9H2. The van der Waals surface area contributed by atoms with Gasteiger partial charge in [-0.05, 0) is 45.8 Å². The number of benzene rings is 1. The molecule has 4 nitrogen and oxygen atoms in total. The lowest BCUT2D eigenvalue weighted by molar-refractivity contribution is 0.173. The van der Waals surface area contributed by atoms with E-state index in [0.29, 0.717) is 6.79 Å². The van der Waals surface area contributed by atoms with Crippen LogP contribution in [0.1, 0.15) is 11.3 Å². The van der Waals surface area contributed by atoms with Gasteiger partial charge in [-0.15, -0.1) is 0 Å². The molecular formula is C14H14BrNO3. The summed E-state index contributed by atoms with van der Waals surface area (Å²) in [6.07, 6.45) is 2.59. The van der Waals surface area contributed by atoms with E-state index >= 15 is 0 Å². The van der Waals surface area contributed by atoms with E-state index in [9.17, 15) is 0 Å². The lowest BCUT2D eigenvalue weighted by Crippen LogP contribution is -2.16. The van der Waals surface area contributed by atoms with E-state index < -0.39 is 0 Å². The zero-order valence-electron chi connectivity index (χ0n) is 10.3. The van der Waals surface area contributed by atoms with Crippen LogP contribution in [0, 0.1) is 0 Å². The van der Waals surface area contributed by atoms with Crippen molar-refractivity contribution in [2.75, 3.05) is 13.3 Å². The van der Waals surface area contributed by atoms with Crippen LogP contribution < -0.4 is 14.8 Å². The fourth-order valence-corrected chi connectivity index (χ4v) is 2.63. The van der Waals surface area contributed by atoms with Gasteiger partial charge in [0.25, 0.3) is 0 Å². The first-order valence-corrected chi connectivity index (χ1v) is 6.93. The van der Waals surface area contributed by atoms with Gasteiger partial charge in [0.05, 0.1) is 10.7 Å². The monoisotopic (exact) mass is 323 g/mol. The molecule has 1 N–H and O–H groups in total. The highest BCUT2D eigenvalue weighted by molar-refractivity contribution is 9.10. The van der Waals surface area contributed by atoms with Gasteiger partial charge in [-0.3, -0.25) is 0 Å². The van der Waals surface area contributed by atoms with E-state index in [4.69, 9.17) is 13.9 Å². The molecule has 100 valence electrons. The minimum atomic E-state index is 0.295. The molecule has 0 bridgehead atoms. The Balaban J connectivity index is 1.54. The molecule has 0 spiro atoms. The number of fused-ring (bicyclic) bond motifs is 1. The highest BCUT2D eigenvalue weighted by Crippen LogP contribution is 2.39. The van der Waals surface area contributed by atoms with Crippen LogP contribution in [0.15, 0.2) is 39.4 Å². The number of ether oxygens (including phenoxy) is 2. The topological polar surface area (TPSA) is 43.6 Å². The van der Waals surface area contributed by atoms with Gasteiger partial charge < -0.3 is 19.2 Å². The van der Waals surface area contributed by atoms with Gasteiger partial charge >= 0.3 is 0 Å². The SMILES string of the molecule is Brc1cc(CNCCc2ccco2)cc2c1OCO2. The molecule has 0 saturated carbocycles. The summed E-state index contributed by atoms with van der Waals surface area (Å²) in [4.78, 5) is 0. The average molecular weight is 324 g/mol. The number of hydrogen-bond donors (Lipinski definition) is 1. The van der Waals surface area contributed by atoms with Gasteiger partial charge in [0.1, 0.15) is 5.76 Å². The predicted molar refractivity (Wildman–Crippen MR) is 74.4 cm³/mol. The minimum Gasteiger partial charge on any atom is -0.469 e. The fourth-order valence-electron chi connectivity index (χ4n) is 2.02. The average Bonchev–Trinajstić information content (AvgIpc) is 3.05. The third kappa shape index (κ3) is 2.93. The Labute approximate surface area is 119 Å². The van der Waals surface area contributed by atoms with E-state index in [1.54, 1.807) is 6.26 Å². The van der Waals surface area contributed by atoms with Crippen LogP contribution in [0.3, 0.4) is 0 Å². The molecule has 2 aromatic rings. The van der Waals surface area contributed by atoms with Crippen LogP contribution in [0.4, 0.5) is 0 Å². The lowest BCUT2D eigenvalue weighted by Gasteiger charge is -2.06. The molecule has 0 aliphatic carbocycles. The largest absolute Gasteiger partial charge is 0.469 e. The van der Waals surface area contributed by atoms with E-state index in [-0.39, 0.29) is 0 Å². The second-order valence-corrected chi connectivity index (χ2v) is 5.17. The van der Waals surface area contributed by atoms with Gasteiger partial charge in [0.2, 0.25) is 6.79 Å². The van der Waals surface area contributed by atoms with E-state index in [1.807, 2.05) is 24.3 Å². The minimum absolute atomic E-state index is 0.295. The van der Waals surface area contributed by atoms with Gasteiger partial charge in [-0.1, -0.05) is 0 Å². The Kier molecular flexibility index (Phi) is 3.75. The lowest BCUT2D eigenvalue weighted by atomic mass is 10.2. The maximum absolute atomic E-state index is 5.39. The number of hydrogen-bond acceptors (Lipinski definition) is 4. The molecule has 0 unspecified atom stereocenters. The third-order valence-electron chi connectivity index (χ3n) is 2.94. The van der Waals surface area contributed by atoms with Crippen molar-refractivity contribution in [3.8, 4) is 11.5 Å². The Bertz CT molecular complexity index is 554. The van der Waals surface area contributed by atoms with Crippen LogP contribution in [-0.2, 0) is 13.0 Å². The normalized spacial score (nSPS) is 12.9. The molecule has 0 atom stereocenters. The molecule has 1 aromatic carbocycles. The van der Waals surface area contributed by atoms with E-state index in [0.717, 1.165) is 46.8 Å². The summed E-state index contributed by atoms with van der Waals surface area (Å²) in [7, 11) is 0. The van der Waals surface area contributed by atoms with Gasteiger partial charge in [-0.25, -0.2) is 0 Å². The molecule has 19 heavy (non-hydrogen) atoms. The van der Waals surface area contributed by atoms with E-state index in [1.165, 1.54) is 0 Å². The van der Waals surface area contributed by atoms with Crippen molar-refractivity contribution in [2.24, 2.45) is 0 Å². The summed E-state index contributed by atoms with van der Waals surface area (Å²) in [6, 6.07) is 7.95. The van der Waals surface area contributed by atoms with Crippen molar-refractivity contribution >= 4 is 15.9 Å². The third-order valence-corrected chi connectivity index (χ3v) is 3.53. The van der Waals surface area contributed by atoms with Crippen LogP contribution >= 0.6 is 15.9 Å². The molecule has 3 rings (SSSR count). The summed E-state index contributed by atoms with van der Waals surface area (Å²) < 4.78 is 17.0. The fraction of sp³-hybridized carbons (Fsp3) is 0.286. The zero-order chi connectivity index (χ0) is 13.1. The molecule has 0 fully saturated rings. The van der Waals surface area contributed by atoms with Gasteiger partial charge in [-0.2, -0.15) is 0 Å². The quantitative estimate of drug-likeness (QED) is 0.859. The van der Waals surface area contributed by atoms with Crippen molar-refractivity contribution in [1.82, 2.24) is 5.32 Å². The van der Waals surface area contributed by atoms with Crippen molar-refractivity contribution in [1.29, 1.82) is 0 Å². The zero-order valence-corrected chi connectivity index (χ0v) is 11.9. The van der Waals surface area contributed by atoms with Crippen molar-refractivity contribution in [3.05, 3.63) is 46.3 Å². The van der Waals surface area contributed by atoms with Gasteiger partial charge in [0, 0.05) is 19.5 Å². The first-order valence-electron chi connectivity index (χ1n) is 6.14. The Hall–Kier alpha value is -1.46. The molecule has 0 radical (unpaired) electrons. The molecule has 0 saturated heterocycles. The Morgan fingerprint density at radius 2 is 2.21 bits per heavy atom. The smallest absolute Gasteiger partial charge is 0.231 e. The molecule has 1 aliphatic heterocycles. The predicted octanol–water partition coefficient (Wildman–Crippen LogP) is 3.10. The number of rotatable bonds is 5. The van der Waals surface area contributed by atoms with Crippen LogP contribution in [0.25, 0.3) is 0 Å². The second kappa shape index (κ2) is 5.67. The summed E-state index contributed by atoms with van der Waals surface area (Å²) in [5.74, 6) is 2.59. The summed E-state index contributed by atoms with van der Waals surface area (Å²) in [5, 5.41) is 3.38. The Morgan fingerprint density at radius 3 is 3.05 bits per heavy atom. The number of halogens is 1. The molecule has 5 heteroatoms. The molecular weight excluding hydrogens is 310 g/mol. The first-order chi connectivity index (χ1) is 9.33. The highest BCUT2D eigenvalue weighted by Gasteiger charge is 2.17. The maximum atomic E-state index is 5.39. The summed E-state index contributed by atoms with van der Waals surface area (Å²) in [5.41, 5.74) is 1.16. The van der Waals surface area contributed by atoms with Crippen molar-refractivity contribution in [3.63, 3.8) is 0 Å². The summed E-state index contributed by atoms with van der Waals surface area (Å²) >= 11 is 3.49. The van der Waals surface area contributed by atoms with E-state index in [2.05, 4.69) is 21.2 Å². The molecule has 1 aromatic heterocycles. The van der Waals surface area contributed by atoms with Crippen molar-refractivity contribution in [2.45, 2.75) is 13.0 Å². The van der Waals surface area contributed by atoms with Crippen LogP contribution in [0.5, 0.6) is 11.5 Å². The first kappa shape index (κ1) is 12.6. The molecule has 0 amide bonds. The number of nitrogens with one attached hydrogen (secondary N) is 1. The van der Waals surface area contributed by atoms with Crippen LogP contribution in [0.2, 0.25) is 0 Å². The second-order valence-electron chi connectivity index (χ2n) is 4.32. The van der Waals surface area contributed by atoms with Crippen molar-refractivity contribution < 1.29 is 13.9 Å². The van der Waals surface area contributed by atoms with Gasteiger partial charge in [0.15, 0.2) is 11.5 Å². The summed E-state index contributed by atoms with van der Waals surface area (Å²) in [6.45, 7) is 1.96. The highest BCUT2D eigenvalue weighted by atomic mass is 79.9. The molecule has 2 heterocycles. The van der Waals surface area contributed by atoms with Crippen LogP contribution in [-0.4, -0.2) is 13.3 Å². The number of furan rings is 1.